The standard InChI is InChI=1S/C20H20Cl2N2O3/c1-25-18-6-3-14(9-19(18)26-2)12-27-20(11-24-8-7-23-13-24)16-5-4-15(21)10-17(16)22/h3-10,13,20H,11-12H2,1-2H3. The van der Waals surface area contributed by atoms with Crippen LogP contribution in [0.25, 0.3) is 0 Å². The topological polar surface area (TPSA) is 45.5 Å². The Bertz CT molecular complexity index is 885. The summed E-state index contributed by atoms with van der Waals surface area (Å²) in [6, 6.07) is 11.1. The van der Waals surface area contributed by atoms with Crippen molar-refractivity contribution >= 4 is 23.2 Å². The second-order valence-corrected chi connectivity index (χ2v) is 6.76. The average molecular weight is 407 g/mol. The van der Waals surface area contributed by atoms with Crippen molar-refractivity contribution in [1.29, 1.82) is 0 Å². The summed E-state index contributed by atoms with van der Waals surface area (Å²) >= 11 is 12.4. The summed E-state index contributed by atoms with van der Waals surface area (Å²) < 4.78 is 18.8. The van der Waals surface area contributed by atoms with Crippen LogP contribution in [0.15, 0.2) is 55.1 Å². The molecule has 0 fully saturated rings. The molecule has 0 bridgehead atoms. The molecule has 2 aromatic carbocycles. The van der Waals surface area contributed by atoms with Crippen LogP contribution >= 0.6 is 23.2 Å². The van der Waals surface area contributed by atoms with Gasteiger partial charge >= 0.3 is 0 Å². The normalized spacial score (nSPS) is 12.0. The van der Waals surface area contributed by atoms with Gasteiger partial charge < -0.3 is 18.8 Å². The third-order valence-corrected chi connectivity index (χ3v) is 4.71. The predicted octanol–water partition coefficient (Wildman–Crippen LogP) is 5.17. The Morgan fingerprint density at radius 3 is 2.52 bits per heavy atom. The highest BCUT2D eigenvalue weighted by Crippen LogP contribution is 2.32. The summed E-state index contributed by atoms with van der Waals surface area (Å²) in [5.74, 6) is 1.34. The van der Waals surface area contributed by atoms with Crippen LogP contribution in [0, 0.1) is 0 Å². The predicted molar refractivity (Wildman–Crippen MR) is 106 cm³/mol. The molecule has 0 amide bonds. The fourth-order valence-corrected chi connectivity index (χ4v) is 3.29. The Morgan fingerprint density at radius 2 is 1.85 bits per heavy atom. The average Bonchev–Trinajstić information content (AvgIpc) is 3.18. The maximum atomic E-state index is 6.41. The maximum absolute atomic E-state index is 6.41. The number of ether oxygens (including phenoxy) is 3. The molecule has 5 nitrogen and oxygen atoms in total. The van der Waals surface area contributed by atoms with Crippen LogP contribution in [0.5, 0.6) is 11.5 Å². The molecular formula is C20H20Cl2N2O3. The zero-order chi connectivity index (χ0) is 19.2. The molecule has 1 aromatic heterocycles. The van der Waals surface area contributed by atoms with Crippen molar-refractivity contribution in [2.45, 2.75) is 19.3 Å². The molecule has 0 saturated heterocycles. The number of hydrogen-bond acceptors (Lipinski definition) is 4. The highest BCUT2D eigenvalue weighted by atomic mass is 35.5. The van der Waals surface area contributed by atoms with Crippen molar-refractivity contribution in [3.8, 4) is 11.5 Å². The van der Waals surface area contributed by atoms with Gasteiger partial charge in [-0.2, -0.15) is 0 Å². The molecule has 3 aromatic rings. The van der Waals surface area contributed by atoms with Crippen molar-refractivity contribution in [3.05, 3.63) is 76.3 Å². The minimum absolute atomic E-state index is 0.267. The van der Waals surface area contributed by atoms with E-state index >= 15 is 0 Å². The molecular weight excluding hydrogens is 387 g/mol. The second kappa shape index (κ2) is 9.13. The van der Waals surface area contributed by atoms with Gasteiger partial charge in [0.2, 0.25) is 0 Å². The third-order valence-electron chi connectivity index (χ3n) is 4.14. The number of aromatic nitrogens is 2. The van der Waals surface area contributed by atoms with Crippen molar-refractivity contribution in [2.75, 3.05) is 14.2 Å². The number of halogens is 2. The maximum Gasteiger partial charge on any atom is 0.161 e. The van der Waals surface area contributed by atoms with Crippen LogP contribution in [0.4, 0.5) is 0 Å². The van der Waals surface area contributed by atoms with Crippen molar-refractivity contribution in [2.24, 2.45) is 0 Å². The largest absolute Gasteiger partial charge is 0.493 e. The molecule has 0 aliphatic heterocycles. The quantitative estimate of drug-likeness (QED) is 0.517. The van der Waals surface area contributed by atoms with Crippen molar-refractivity contribution < 1.29 is 14.2 Å². The molecule has 0 saturated carbocycles. The van der Waals surface area contributed by atoms with Gasteiger partial charge in [0, 0.05) is 28.0 Å². The van der Waals surface area contributed by atoms with E-state index in [0.717, 1.165) is 11.1 Å². The fourth-order valence-electron chi connectivity index (χ4n) is 2.76. The lowest BCUT2D eigenvalue weighted by Gasteiger charge is -2.21. The molecule has 3 rings (SSSR count). The molecule has 0 aliphatic rings. The minimum Gasteiger partial charge on any atom is -0.493 e. The fraction of sp³-hybridized carbons (Fsp3) is 0.250. The summed E-state index contributed by atoms with van der Waals surface area (Å²) in [5.41, 5.74) is 1.84. The highest BCUT2D eigenvalue weighted by molar-refractivity contribution is 6.35. The lowest BCUT2D eigenvalue weighted by atomic mass is 10.1. The zero-order valence-electron chi connectivity index (χ0n) is 15.1. The van der Waals surface area contributed by atoms with Crippen molar-refractivity contribution in [1.82, 2.24) is 9.55 Å². The first-order chi connectivity index (χ1) is 13.1. The van der Waals surface area contributed by atoms with Gasteiger partial charge in [0.25, 0.3) is 0 Å². The second-order valence-electron chi connectivity index (χ2n) is 5.91. The van der Waals surface area contributed by atoms with Crippen LogP contribution in [-0.2, 0) is 17.9 Å². The van der Waals surface area contributed by atoms with E-state index in [1.807, 2.05) is 41.1 Å². The molecule has 1 heterocycles. The Labute approximate surface area is 168 Å². The van der Waals surface area contributed by atoms with Crippen LogP contribution in [0.1, 0.15) is 17.2 Å². The van der Waals surface area contributed by atoms with Crippen LogP contribution in [0.3, 0.4) is 0 Å². The number of hydrogen-bond donors (Lipinski definition) is 0. The van der Waals surface area contributed by atoms with E-state index in [-0.39, 0.29) is 6.10 Å². The van der Waals surface area contributed by atoms with Gasteiger partial charge in [-0.1, -0.05) is 35.3 Å². The first kappa shape index (κ1) is 19.5. The molecule has 0 spiro atoms. The van der Waals surface area contributed by atoms with Crippen LogP contribution in [0.2, 0.25) is 10.0 Å². The van der Waals surface area contributed by atoms with E-state index in [4.69, 9.17) is 37.4 Å². The lowest BCUT2D eigenvalue weighted by molar-refractivity contribution is 0.0279. The van der Waals surface area contributed by atoms with Gasteiger partial charge in [-0.3, -0.25) is 0 Å². The Hall–Kier alpha value is -2.21. The molecule has 7 heteroatoms. The summed E-state index contributed by atoms with van der Waals surface area (Å²) in [5, 5.41) is 1.16. The first-order valence-electron chi connectivity index (χ1n) is 8.34. The van der Waals surface area contributed by atoms with Gasteiger partial charge in [0.1, 0.15) is 6.10 Å². The Balaban J connectivity index is 1.81. The van der Waals surface area contributed by atoms with Crippen LogP contribution in [-0.4, -0.2) is 23.8 Å². The molecule has 0 radical (unpaired) electrons. The molecule has 0 aliphatic carbocycles. The van der Waals surface area contributed by atoms with Gasteiger partial charge in [-0.25, -0.2) is 4.98 Å². The van der Waals surface area contributed by atoms with E-state index in [1.165, 1.54) is 0 Å². The van der Waals surface area contributed by atoms with Gasteiger partial charge in [-0.05, 0) is 29.8 Å². The molecule has 1 atom stereocenters. The van der Waals surface area contributed by atoms with Crippen LogP contribution < -0.4 is 9.47 Å². The number of methoxy groups -OCH3 is 2. The van der Waals surface area contributed by atoms with Crippen molar-refractivity contribution in [3.63, 3.8) is 0 Å². The highest BCUT2D eigenvalue weighted by Gasteiger charge is 2.17. The van der Waals surface area contributed by atoms with Gasteiger partial charge in [-0.15, -0.1) is 0 Å². The van der Waals surface area contributed by atoms with E-state index in [0.29, 0.717) is 34.7 Å². The minimum atomic E-state index is -0.267. The Morgan fingerprint density at radius 1 is 1.04 bits per heavy atom. The van der Waals surface area contributed by atoms with Gasteiger partial charge in [0.05, 0.1) is 33.7 Å². The number of nitrogens with zero attached hydrogens (tertiary/aromatic N) is 2. The van der Waals surface area contributed by atoms with E-state index in [1.54, 1.807) is 32.8 Å². The molecule has 0 N–H and O–H groups in total. The first-order valence-corrected chi connectivity index (χ1v) is 9.09. The summed E-state index contributed by atoms with van der Waals surface area (Å²) in [6.45, 7) is 0.966. The van der Waals surface area contributed by atoms with E-state index in [9.17, 15) is 0 Å². The monoisotopic (exact) mass is 406 g/mol. The van der Waals surface area contributed by atoms with E-state index in [2.05, 4.69) is 4.98 Å². The SMILES string of the molecule is COc1ccc(COC(Cn2ccnc2)c2ccc(Cl)cc2Cl)cc1OC. The lowest BCUT2D eigenvalue weighted by Crippen LogP contribution is -2.12. The number of imidazole rings is 1. The Kier molecular flexibility index (Phi) is 6.61. The molecule has 27 heavy (non-hydrogen) atoms. The molecule has 142 valence electrons. The van der Waals surface area contributed by atoms with E-state index < -0.39 is 0 Å². The van der Waals surface area contributed by atoms with Gasteiger partial charge in [0.15, 0.2) is 11.5 Å². The smallest absolute Gasteiger partial charge is 0.161 e. The zero-order valence-corrected chi connectivity index (χ0v) is 16.6. The third kappa shape index (κ3) is 4.95. The summed E-state index contributed by atoms with van der Waals surface area (Å²) in [6.07, 6.45) is 5.10. The number of benzene rings is 2. The summed E-state index contributed by atoms with van der Waals surface area (Å²) in [7, 11) is 3.22. The summed E-state index contributed by atoms with van der Waals surface area (Å²) in [4.78, 5) is 4.09. The number of rotatable bonds is 8. The molecule has 1 unspecified atom stereocenters.